The smallest absolute Gasteiger partial charge is 0.338 e. The molecule has 0 amide bonds. The van der Waals surface area contributed by atoms with Gasteiger partial charge in [0.25, 0.3) is 5.56 Å². The SMILES string of the molecule is CC(C)(C)OC(=O)[C@H]1O[C@@H](n2ccc(=O)[nH]c2=O)[C@](C)(F)[C@@H]1O[Si](C)(C)C(C)(C)C. The predicted molar refractivity (Wildman–Crippen MR) is 113 cm³/mol. The van der Waals surface area contributed by atoms with Crippen LogP contribution in [-0.4, -0.2) is 47.3 Å². The minimum atomic E-state index is -2.53. The second-order valence-corrected chi connectivity index (χ2v) is 15.2. The van der Waals surface area contributed by atoms with Gasteiger partial charge >= 0.3 is 11.7 Å². The zero-order valence-corrected chi connectivity index (χ0v) is 20.2. The van der Waals surface area contributed by atoms with Gasteiger partial charge in [0, 0.05) is 12.3 Å². The first-order chi connectivity index (χ1) is 13.4. The number of carbonyl (C=O) groups is 1. The van der Waals surface area contributed by atoms with Gasteiger partial charge in [-0.1, -0.05) is 20.8 Å². The molecule has 1 aromatic rings. The maximum absolute atomic E-state index is 16.2. The third-order valence-electron chi connectivity index (χ3n) is 5.56. The fourth-order valence-electron chi connectivity index (χ4n) is 2.94. The lowest BCUT2D eigenvalue weighted by atomic mass is 9.98. The number of esters is 1. The van der Waals surface area contributed by atoms with Gasteiger partial charge in [-0.25, -0.2) is 14.0 Å². The Kier molecular flexibility index (Phi) is 6.30. The summed E-state index contributed by atoms with van der Waals surface area (Å²) < 4.78 is 34.6. The normalized spacial score (nSPS) is 27.9. The van der Waals surface area contributed by atoms with Gasteiger partial charge in [-0.15, -0.1) is 0 Å². The fraction of sp³-hybridized carbons (Fsp3) is 0.750. The van der Waals surface area contributed by atoms with E-state index in [9.17, 15) is 14.4 Å². The molecule has 2 heterocycles. The molecule has 30 heavy (non-hydrogen) atoms. The summed E-state index contributed by atoms with van der Waals surface area (Å²) >= 11 is 0. The van der Waals surface area contributed by atoms with Gasteiger partial charge in [0.1, 0.15) is 11.7 Å². The average Bonchev–Trinajstić information content (AvgIpc) is 2.76. The number of halogens is 1. The number of nitrogens with zero attached hydrogens (tertiary/aromatic N) is 1. The molecule has 10 heteroatoms. The molecule has 0 unspecified atom stereocenters. The summed E-state index contributed by atoms with van der Waals surface area (Å²) in [5.74, 6) is -0.768. The third kappa shape index (κ3) is 4.92. The van der Waals surface area contributed by atoms with Gasteiger partial charge in [-0.05, 0) is 45.8 Å². The molecule has 1 aromatic heterocycles. The highest BCUT2D eigenvalue weighted by molar-refractivity contribution is 6.74. The van der Waals surface area contributed by atoms with Crippen molar-refractivity contribution in [1.29, 1.82) is 0 Å². The highest BCUT2D eigenvalue weighted by Crippen LogP contribution is 2.47. The molecular formula is C20H33FN2O6Si. The Balaban J connectivity index is 2.54. The number of alkyl halides is 1. The average molecular weight is 445 g/mol. The Morgan fingerprint density at radius 2 is 1.80 bits per heavy atom. The monoisotopic (exact) mass is 444 g/mol. The van der Waals surface area contributed by atoms with E-state index < -0.39 is 55.2 Å². The zero-order chi connectivity index (χ0) is 23.3. The number of hydrogen-bond donors (Lipinski definition) is 1. The van der Waals surface area contributed by atoms with E-state index in [1.807, 2.05) is 33.9 Å². The van der Waals surface area contributed by atoms with E-state index >= 15 is 4.39 Å². The molecule has 1 aliphatic rings. The van der Waals surface area contributed by atoms with Crippen molar-refractivity contribution < 1.29 is 23.1 Å². The molecule has 0 aliphatic carbocycles. The molecule has 0 radical (unpaired) electrons. The molecule has 0 aromatic carbocycles. The maximum Gasteiger partial charge on any atom is 0.338 e. The van der Waals surface area contributed by atoms with Crippen LogP contribution in [0.5, 0.6) is 0 Å². The van der Waals surface area contributed by atoms with Crippen LogP contribution in [0.25, 0.3) is 0 Å². The lowest BCUT2D eigenvalue weighted by Gasteiger charge is -2.41. The topological polar surface area (TPSA) is 99.6 Å². The van der Waals surface area contributed by atoms with E-state index in [0.29, 0.717) is 0 Å². The zero-order valence-electron chi connectivity index (χ0n) is 19.2. The minimum absolute atomic E-state index is 0.255. The van der Waals surface area contributed by atoms with Gasteiger partial charge < -0.3 is 13.9 Å². The molecule has 4 atom stereocenters. The second kappa shape index (κ2) is 7.72. The lowest BCUT2D eigenvalue weighted by Crippen LogP contribution is -2.54. The molecule has 0 spiro atoms. The van der Waals surface area contributed by atoms with Crippen molar-refractivity contribution in [3.05, 3.63) is 33.1 Å². The highest BCUT2D eigenvalue weighted by Gasteiger charge is 2.61. The molecule has 0 saturated carbocycles. The van der Waals surface area contributed by atoms with Crippen molar-refractivity contribution in [2.75, 3.05) is 0 Å². The number of aromatic nitrogens is 2. The van der Waals surface area contributed by atoms with Crippen LogP contribution in [0.4, 0.5) is 4.39 Å². The van der Waals surface area contributed by atoms with Crippen LogP contribution < -0.4 is 11.2 Å². The molecule has 1 saturated heterocycles. The van der Waals surface area contributed by atoms with E-state index in [-0.39, 0.29) is 5.04 Å². The first-order valence-electron chi connectivity index (χ1n) is 9.93. The summed E-state index contributed by atoms with van der Waals surface area (Å²) in [7, 11) is -2.53. The minimum Gasteiger partial charge on any atom is -0.458 e. The van der Waals surface area contributed by atoms with Crippen LogP contribution in [0.2, 0.25) is 18.1 Å². The van der Waals surface area contributed by atoms with Crippen molar-refractivity contribution in [3.8, 4) is 0 Å². The molecule has 1 N–H and O–H groups in total. The van der Waals surface area contributed by atoms with Crippen molar-refractivity contribution in [2.45, 2.75) is 96.3 Å². The summed E-state index contributed by atoms with van der Waals surface area (Å²) in [6.07, 6.45) is -3.01. The van der Waals surface area contributed by atoms with E-state index in [4.69, 9.17) is 13.9 Å². The van der Waals surface area contributed by atoms with Crippen LogP contribution in [0.1, 0.15) is 54.7 Å². The van der Waals surface area contributed by atoms with Crippen LogP contribution >= 0.6 is 0 Å². The van der Waals surface area contributed by atoms with Gasteiger partial charge in [-0.2, -0.15) is 0 Å². The van der Waals surface area contributed by atoms with E-state index in [1.165, 1.54) is 6.92 Å². The fourth-order valence-corrected chi connectivity index (χ4v) is 4.28. The Bertz CT molecular complexity index is 909. The Morgan fingerprint density at radius 3 is 2.27 bits per heavy atom. The van der Waals surface area contributed by atoms with Crippen molar-refractivity contribution in [3.63, 3.8) is 0 Å². The number of carbonyl (C=O) groups excluding carboxylic acids is 1. The summed E-state index contributed by atoms with van der Waals surface area (Å²) in [6.45, 7) is 16.2. The Labute approximate surface area is 176 Å². The highest BCUT2D eigenvalue weighted by atomic mass is 28.4. The third-order valence-corrected chi connectivity index (χ3v) is 10.0. The number of nitrogens with one attached hydrogen (secondary N) is 1. The van der Waals surface area contributed by atoms with Crippen molar-refractivity contribution in [2.24, 2.45) is 0 Å². The summed E-state index contributed by atoms with van der Waals surface area (Å²) in [6, 6.07) is 1.09. The first-order valence-corrected chi connectivity index (χ1v) is 12.8. The van der Waals surface area contributed by atoms with Crippen LogP contribution in [-0.2, 0) is 18.7 Å². The molecular weight excluding hydrogens is 411 g/mol. The van der Waals surface area contributed by atoms with E-state index in [2.05, 4.69) is 4.98 Å². The van der Waals surface area contributed by atoms with Crippen LogP contribution in [0, 0.1) is 0 Å². The second-order valence-electron chi connectivity index (χ2n) is 10.4. The van der Waals surface area contributed by atoms with E-state index in [0.717, 1.165) is 16.8 Å². The predicted octanol–water partition coefficient (Wildman–Crippen LogP) is 2.89. The number of aromatic amines is 1. The van der Waals surface area contributed by atoms with Crippen molar-refractivity contribution in [1.82, 2.24) is 9.55 Å². The molecule has 1 fully saturated rings. The Hall–Kier alpha value is -1.78. The van der Waals surface area contributed by atoms with Gasteiger partial charge in [0.2, 0.25) is 0 Å². The number of hydrogen-bond acceptors (Lipinski definition) is 6. The van der Waals surface area contributed by atoms with Crippen LogP contribution in [0.15, 0.2) is 21.9 Å². The number of H-pyrrole nitrogens is 1. The van der Waals surface area contributed by atoms with Crippen LogP contribution in [0.3, 0.4) is 0 Å². The molecule has 8 nitrogen and oxygen atoms in total. The van der Waals surface area contributed by atoms with Gasteiger partial charge in [0.15, 0.2) is 26.3 Å². The largest absolute Gasteiger partial charge is 0.458 e. The molecule has 0 bridgehead atoms. The first kappa shape index (κ1) is 24.5. The summed E-state index contributed by atoms with van der Waals surface area (Å²) in [5.41, 5.74) is -4.53. The summed E-state index contributed by atoms with van der Waals surface area (Å²) in [5, 5.41) is -0.255. The van der Waals surface area contributed by atoms with E-state index in [1.54, 1.807) is 20.8 Å². The Morgan fingerprint density at radius 1 is 1.23 bits per heavy atom. The number of rotatable bonds is 4. The van der Waals surface area contributed by atoms with Gasteiger partial charge in [0.05, 0.1) is 0 Å². The maximum atomic E-state index is 16.2. The van der Waals surface area contributed by atoms with Crippen molar-refractivity contribution >= 4 is 14.3 Å². The number of ether oxygens (including phenoxy) is 2. The molecule has 2 rings (SSSR count). The summed E-state index contributed by atoms with van der Waals surface area (Å²) in [4.78, 5) is 38.7. The molecule has 1 aliphatic heterocycles. The van der Waals surface area contributed by atoms with Gasteiger partial charge in [-0.3, -0.25) is 14.3 Å². The standard InChI is InChI=1S/C20H33FN2O6Si/c1-18(2,3)28-15(25)13-14(29-30(8,9)19(4,5)6)20(7,21)16(27-13)23-11-10-12(24)22-17(23)26/h10-11,13-14,16H,1-9H3,(H,22,24,26)/t13-,14+,16+,20+/m0/s1. The lowest BCUT2D eigenvalue weighted by molar-refractivity contribution is -0.173. The molecule has 170 valence electrons. The quantitative estimate of drug-likeness (QED) is 0.566.